The van der Waals surface area contributed by atoms with E-state index in [-0.39, 0.29) is 5.75 Å². The molecule has 96 valence electrons. The van der Waals surface area contributed by atoms with E-state index in [0.717, 1.165) is 22.7 Å². The molecule has 1 aromatic carbocycles. The Morgan fingerprint density at radius 2 is 1.89 bits per heavy atom. The SMILES string of the molecule is NCc1cccc2nnc(Cc3ccccc3O)n12. The molecule has 0 saturated carbocycles. The first-order chi connectivity index (χ1) is 9.29. The Morgan fingerprint density at radius 3 is 2.68 bits per heavy atom. The van der Waals surface area contributed by atoms with E-state index < -0.39 is 0 Å². The van der Waals surface area contributed by atoms with Crippen LogP contribution in [0.1, 0.15) is 17.1 Å². The van der Waals surface area contributed by atoms with Crippen molar-refractivity contribution in [2.45, 2.75) is 13.0 Å². The number of phenols is 1. The summed E-state index contributed by atoms with van der Waals surface area (Å²) in [6, 6.07) is 13.0. The Kier molecular flexibility index (Phi) is 2.89. The van der Waals surface area contributed by atoms with Crippen LogP contribution in [0.4, 0.5) is 0 Å². The molecular formula is C14H14N4O. The molecule has 0 radical (unpaired) electrons. The molecule has 0 unspecified atom stereocenters. The first-order valence-corrected chi connectivity index (χ1v) is 6.08. The summed E-state index contributed by atoms with van der Waals surface area (Å²) in [6.07, 6.45) is 0.519. The molecular weight excluding hydrogens is 240 g/mol. The molecule has 2 heterocycles. The first-order valence-electron chi connectivity index (χ1n) is 6.08. The number of aromatic hydroxyl groups is 1. The lowest BCUT2D eigenvalue weighted by Crippen LogP contribution is -2.07. The number of rotatable bonds is 3. The molecule has 5 nitrogen and oxygen atoms in total. The number of aromatic nitrogens is 3. The van der Waals surface area contributed by atoms with Gasteiger partial charge in [0.1, 0.15) is 11.6 Å². The number of fused-ring (bicyclic) bond motifs is 1. The summed E-state index contributed by atoms with van der Waals surface area (Å²) >= 11 is 0. The predicted molar refractivity (Wildman–Crippen MR) is 71.8 cm³/mol. The highest BCUT2D eigenvalue weighted by atomic mass is 16.3. The molecule has 0 atom stereocenters. The Bertz CT molecular complexity index is 720. The summed E-state index contributed by atoms with van der Waals surface area (Å²) in [4.78, 5) is 0. The third-order valence-corrected chi connectivity index (χ3v) is 3.13. The highest BCUT2D eigenvalue weighted by Gasteiger charge is 2.10. The van der Waals surface area contributed by atoms with Crippen molar-refractivity contribution in [1.29, 1.82) is 0 Å². The van der Waals surface area contributed by atoms with Crippen molar-refractivity contribution >= 4 is 5.65 Å². The minimum atomic E-state index is 0.268. The molecule has 3 aromatic rings. The van der Waals surface area contributed by atoms with Crippen LogP contribution in [0.25, 0.3) is 5.65 Å². The molecule has 0 aliphatic heterocycles. The third kappa shape index (κ3) is 2.04. The van der Waals surface area contributed by atoms with Crippen molar-refractivity contribution in [2.24, 2.45) is 5.73 Å². The summed E-state index contributed by atoms with van der Waals surface area (Å²) in [5, 5.41) is 18.1. The van der Waals surface area contributed by atoms with E-state index in [9.17, 15) is 5.11 Å². The maximum atomic E-state index is 9.83. The van der Waals surface area contributed by atoms with Gasteiger partial charge in [0, 0.05) is 24.2 Å². The molecule has 19 heavy (non-hydrogen) atoms. The van der Waals surface area contributed by atoms with Gasteiger partial charge in [-0.1, -0.05) is 24.3 Å². The van der Waals surface area contributed by atoms with Gasteiger partial charge in [-0.3, -0.25) is 4.40 Å². The van der Waals surface area contributed by atoms with Crippen LogP contribution in [0, 0.1) is 0 Å². The molecule has 0 aliphatic carbocycles. The van der Waals surface area contributed by atoms with E-state index >= 15 is 0 Å². The van der Waals surface area contributed by atoms with E-state index in [1.807, 2.05) is 34.7 Å². The first kappa shape index (κ1) is 11.7. The monoisotopic (exact) mass is 254 g/mol. The van der Waals surface area contributed by atoms with Gasteiger partial charge in [0.15, 0.2) is 5.65 Å². The molecule has 3 N–H and O–H groups in total. The second-order valence-corrected chi connectivity index (χ2v) is 4.34. The quantitative estimate of drug-likeness (QED) is 0.742. The standard InChI is InChI=1S/C14H14N4O/c15-9-11-5-3-7-13-16-17-14(18(11)13)8-10-4-1-2-6-12(10)19/h1-7,19H,8-9,15H2. The van der Waals surface area contributed by atoms with Crippen molar-refractivity contribution in [1.82, 2.24) is 14.6 Å². The zero-order valence-corrected chi connectivity index (χ0v) is 10.3. The zero-order chi connectivity index (χ0) is 13.2. The van der Waals surface area contributed by atoms with Crippen LogP contribution in [-0.2, 0) is 13.0 Å². The van der Waals surface area contributed by atoms with E-state index in [4.69, 9.17) is 5.73 Å². The molecule has 5 heteroatoms. The number of para-hydroxylation sites is 1. The van der Waals surface area contributed by atoms with Gasteiger partial charge >= 0.3 is 0 Å². The number of benzene rings is 1. The van der Waals surface area contributed by atoms with Gasteiger partial charge in [-0.25, -0.2) is 0 Å². The lowest BCUT2D eigenvalue weighted by molar-refractivity contribution is 0.469. The fourth-order valence-corrected chi connectivity index (χ4v) is 2.18. The summed E-state index contributed by atoms with van der Waals surface area (Å²) in [5.41, 5.74) is 8.29. The number of phenolic OH excluding ortho intramolecular Hbond substituents is 1. The van der Waals surface area contributed by atoms with Gasteiger partial charge in [-0.2, -0.15) is 0 Å². The van der Waals surface area contributed by atoms with Crippen LogP contribution in [0.15, 0.2) is 42.5 Å². The van der Waals surface area contributed by atoms with E-state index in [1.165, 1.54) is 0 Å². The van der Waals surface area contributed by atoms with E-state index in [1.54, 1.807) is 12.1 Å². The van der Waals surface area contributed by atoms with Gasteiger partial charge < -0.3 is 10.8 Å². The molecule has 2 aromatic heterocycles. The van der Waals surface area contributed by atoms with Gasteiger partial charge in [0.05, 0.1) is 0 Å². The average molecular weight is 254 g/mol. The Balaban J connectivity index is 2.09. The van der Waals surface area contributed by atoms with Crippen molar-refractivity contribution in [3.8, 4) is 5.75 Å². The second kappa shape index (κ2) is 4.70. The summed E-state index contributed by atoms with van der Waals surface area (Å²) < 4.78 is 1.94. The minimum absolute atomic E-state index is 0.268. The normalized spacial score (nSPS) is 11.0. The highest BCUT2D eigenvalue weighted by Crippen LogP contribution is 2.20. The highest BCUT2D eigenvalue weighted by molar-refractivity contribution is 5.42. The molecule has 0 fully saturated rings. The molecule has 0 saturated heterocycles. The van der Waals surface area contributed by atoms with Crippen LogP contribution in [0.2, 0.25) is 0 Å². The molecule has 3 rings (SSSR count). The van der Waals surface area contributed by atoms with Crippen LogP contribution in [0.3, 0.4) is 0 Å². The average Bonchev–Trinajstić information content (AvgIpc) is 2.85. The van der Waals surface area contributed by atoms with Crippen molar-refractivity contribution < 1.29 is 5.11 Å². The topological polar surface area (TPSA) is 76.4 Å². The van der Waals surface area contributed by atoms with E-state index in [0.29, 0.717) is 13.0 Å². The zero-order valence-electron chi connectivity index (χ0n) is 10.3. The van der Waals surface area contributed by atoms with Crippen molar-refractivity contribution in [3.05, 3.63) is 59.5 Å². The number of hydrogen-bond donors (Lipinski definition) is 2. The van der Waals surface area contributed by atoms with Crippen molar-refractivity contribution in [3.63, 3.8) is 0 Å². The molecule has 0 amide bonds. The van der Waals surface area contributed by atoms with Gasteiger partial charge in [-0.15, -0.1) is 10.2 Å². The van der Waals surface area contributed by atoms with Gasteiger partial charge in [0.25, 0.3) is 0 Å². The van der Waals surface area contributed by atoms with Crippen LogP contribution in [0.5, 0.6) is 5.75 Å². The van der Waals surface area contributed by atoms with E-state index in [2.05, 4.69) is 10.2 Å². The summed E-state index contributed by atoms with van der Waals surface area (Å²) in [7, 11) is 0. The van der Waals surface area contributed by atoms with Crippen LogP contribution < -0.4 is 5.73 Å². The number of nitrogens with two attached hydrogens (primary N) is 1. The molecule has 0 spiro atoms. The van der Waals surface area contributed by atoms with Gasteiger partial charge in [0.2, 0.25) is 0 Å². The predicted octanol–water partition coefficient (Wildman–Crippen LogP) is 1.48. The fourth-order valence-electron chi connectivity index (χ4n) is 2.18. The van der Waals surface area contributed by atoms with Crippen LogP contribution >= 0.6 is 0 Å². The Hall–Kier alpha value is -2.40. The summed E-state index contributed by atoms with van der Waals surface area (Å²) in [5.74, 6) is 1.04. The van der Waals surface area contributed by atoms with Crippen LogP contribution in [-0.4, -0.2) is 19.7 Å². The Morgan fingerprint density at radius 1 is 1.05 bits per heavy atom. The second-order valence-electron chi connectivity index (χ2n) is 4.34. The summed E-state index contributed by atoms with van der Waals surface area (Å²) in [6.45, 7) is 0.420. The maximum Gasteiger partial charge on any atom is 0.161 e. The molecule has 0 bridgehead atoms. The number of hydrogen-bond acceptors (Lipinski definition) is 4. The largest absolute Gasteiger partial charge is 0.508 e. The lowest BCUT2D eigenvalue weighted by atomic mass is 10.1. The Labute approximate surface area is 110 Å². The number of nitrogens with zero attached hydrogens (tertiary/aromatic N) is 3. The molecule has 0 aliphatic rings. The lowest BCUT2D eigenvalue weighted by Gasteiger charge is -2.06. The number of pyridine rings is 1. The minimum Gasteiger partial charge on any atom is -0.508 e. The van der Waals surface area contributed by atoms with Crippen molar-refractivity contribution in [2.75, 3.05) is 0 Å². The third-order valence-electron chi connectivity index (χ3n) is 3.13. The fraction of sp³-hybridized carbons (Fsp3) is 0.143. The maximum absolute atomic E-state index is 9.83. The van der Waals surface area contributed by atoms with Gasteiger partial charge in [-0.05, 0) is 18.2 Å². The smallest absolute Gasteiger partial charge is 0.161 e.